The van der Waals surface area contributed by atoms with Gasteiger partial charge in [0.25, 0.3) is 0 Å². The van der Waals surface area contributed by atoms with Gasteiger partial charge in [-0.3, -0.25) is 4.79 Å². The number of hydrogen-bond acceptors (Lipinski definition) is 3. The molecule has 0 aromatic heterocycles. The Labute approximate surface area is 188 Å². The Bertz CT molecular complexity index is 507. The summed E-state index contributed by atoms with van der Waals surface area (Å²) in [6, 6.07) is 0. The van der Waals surface area contributed by atoms with Crippen molar-refractivity contribution >= 4 is 5.97 Å². The first-order valence-corrected chi connectivity index (χ1v) is 12.5. The van der Waals surface area contributed by atoms with E-state index in [4.69, 9.17) is 4.74 Å². The number of carbonyl (C=O) groups excluding carboxylic acids is 1. The summed E-state index contributed by atoms with van der Waals surface area (Å²) in [5.74, 6) is 0.746. The number of hydrogen-bond donors (Lipinski definition) is 0. The Kier molecular flexibility index (Phi) is 10.9. The molecule has 0 bridgehead atoms. The lowest BCUT2D eigenvalue weighted by atomic mass is 9.67. The average Bonchev–Trinajstić information content (AvgIpc) is 2.50. The van der Waals surface area contributed by atoms with Crippen molar-refractivity contribution in [2.45, 2.75) is 125 Å². The van der Waals surface area contributed by atoms with Crippen molar-refractivity contribution in [1.82, 2.24) is 4.90 Å². The van der Waals surface area contributed by atoms with Crippen LogP contribution in [0, 0.1) is 22.2 Å². The summed E-state index contributed by atoms with van der Waals surface area (Å²) >= 11 is 0. The average molecular weight is 424 g/mol. The van der Waals surface area contributed by atoms with Crippen molar-refractivity contribution in [3.05, 3.63) is 0 Å². The maximum absolute atomic E-state index is 12.4. The first-order valence-electron chi connectivity index (χ1n) is 12.5. The molecule has 3 heteroatoms. The Morgan fingerprint density at radius 2 is 1.43 bits per heavy atom. The second-order valence-corrected chi connectivity index (χ2v) is 13.0. The number of nitrogens with zero attached hydrogens (tertiary/aromatic N) is 1. The lowest BCUT2D eigenvalue weighted by Gasteiger charge is -2.39. The van der Waals surface area contributed by atoms with E-state index in [2.05, 4.69) is 67.5 Å². The quantitative estimate of drug-likeness (QED) is 0.429. The molecule has 30 heavy (non-hydrogen) atoms. The summed E-state index contributed by atoms with van der Waals surface area (Å²) in [6.07, 6.45) is 12.1. The molecule has 0 radical (unpaired) electrons. The van der Waals surface area contributed by atoms with E-state index in [1.54, 1.807) is 0 Å². The number of ether oxygens (including phenoxy) is 1. The lowest BCUT2D eigenvalue weighted by Crippen LogP contribution is -2.28. The van der Waals surface area contributed by atoms with Crippen LogP contribution in [0.4, 0.5) is 0 Å². The fourth-order valence-corrected chi connectivity index (χ4v) is 6.18. The molecule has 0 N–H and O–H groups in total. The van der Waals surface area contributed by atoms with Gasteiger partial charge in [0.2, 0.25) is 0 Å². The summed E-state index contributed by atoms with van der Waals surface area (Å²) in [6.45, 7) is 18.0. The molecule has 0 saturated heterocycles. The molecule has 1 fully saturated rings. The second kappa shape index (κ2) is 11.9. The molecule has 0 aliphatic heterocycles. The van der Waals surface area contributed by atoms with Crippen LogP contribution in [-0.2, 0) is 9.53 Å². The topological polar surface area (TPSA) is 29.5 Å². The van der Waals surface area contributed by atoms with Gasteiger partial charge in [-0.1, -0.05) is 48.5 Å². The van der Waals surface area contributed by atoms with Crippen molar-refractivity contribution in [2.75, 3.05) is 20.6 Å². The van der Waals surface area contributed by atoms with Crippen molar-refractivity contribution < 1.29 is 9.53 Å². The molecule has 1 aliphatic rings. The van der Waals surface area contributed by atoms with Gasteiger partial charge in [-0.25, -0.2) is 0 Å². The molecule has 0 spiro atoms. The zero-order valence-electron chi connectivity index (χ0n) is 21.9. The van der Waals surface area contributed by atoms with Gasteiger partial charge in [0.1, 0.15) is 6.10 Å². The van der Waals surface area contributed by atoms with E-state index in [0.717, 1.165) is 44.6 Å². The third kappa shape index (κ3) is 12.3. The highest BCUT2D eigenvalue weighted by Crippen LogP contribution is 2.44. The highest BCUT2D eigenvalue weighted by atomic mass is 16.5. The van der Waals surface area contributed by atoms with Crippen LogP contribution in [0.2, 0.25) is 0 Å². The van der Waals surface area contributed by atoms with Gasteiger partial charge in [0, 0.05) is 6.42 Å². The Morgan fingerprint density at radius 1 is 0.900 bits per heavy atom. The zero-order chi connectivity index (χ0) is 23.0. The number of esters is 1. The maximum Gasteiger partial charge on any atom is 0.306 e. The van der Waals surface area contributed by atoms with E-state index in [0.29, 0.717) is 22.7 Å². The largest absolute Gasteiger partial charge is 0.462 e. The minimum absolute atomic E-state index is 0.00348. The first kappa shape index (κ1) is 27.5. The van der Waals surface area contributed by atoms with Crippen LogP contribution >= 0.6 is 0 Å². The molecular formula is C27H53NO2. The summed E-state index contributed by atoms with van der Waals surface area (Å²) in [7, 11) is 4.10. The molecule has 3 nitrogen and oxygen atoms in total. The smallest absolute Gasteiger partial charge is 0.306 e. The third-order valence-corrected chi connectivity index (χ3v) is 6.80. The fraction of sp³-hybridized carbons (Fsp3) is 0.963. The van der Waals surface area contributed by atoms with Crippen LogP contribution in [0.3, 0.4) is 0 Å². The third-order valence-electron chi connectivity index (χ3n) is 6.80. The van der Waals surface area contributed by atoms with Crippen LogP contribution in [0.25, 0.3) is 0 Å². The summed E-state index contributed by atoms with van der Waals surface area (Å²) < 4.78 is 5.97. The molecule has 1 saturated carbocycles. The van der Waals surface area contributed by atoms with Gasteiger partial charge in [-0.2, -0.15) is 0 Å². The van der Waals surface area contributed by atoms with Crippen molar-refractivity contribution in [3.8, 4) is 0 Å². The number of carbonyl (C=O) groups is 1. The summed E-state index contributed by atoms with van der Waals surface area (Å²) in [5, 5.41) is 0. The Morgan fingerprint density at radius 3 is 2.00 bits per heavy atom. The normalized spacial score (nSPS) is 27.9. The fourth-order valence-electron chi connectivity index (χ4n) is 6.18. The second-order valence-electron chi connectivity index (χ2n) is 13.0. The van der Waals surface area contributed by atoms with Crippen LogP contribution in [0.1, 0.15) is 119 Å². The van der Waals surface area contributed by atoms with Crippen molar-refractivity contribution in [3.63, 3.8) is 0 Å². The van der Waals surface area contributed by atoms with Gasteiger partial charge >= 0.3 is 5.97 Å². The van der Waals surface area contributed by atoms with E-state index in [1.165, 1.54) is 32.1 Å². The van der Waals surface area contributed by atoms with Gasteiger partial charge in [0.15, 0.2) is 0 Å². The van der Waals surface area contributed by atoms with Crippen LogP contribution in [0.5, 0.6) is 0 Å². The molecule has 0 heterocycles. The minimum Gasteiger partial charge on any atom is -0.462 e. The standard InChI is InChI=1S/C27H53NO2/c1-22-19-25(2,3)16-10-13-23(30-24(29)15-12-18-28(8)9)14-11-17-26(4,5)21-27(6,7)20-22/h22-23H,10-21H2,1-9H3. The maximum atomic E-state index is 12.4. The van der Waals surface area contributed by atoms with E-state index < -0.39 is 0 Å². The SMILES string of the molecule is CC1CC(C)(C)CCCC(OC(=O)CCCN(C)C)CCCC(C)(C)CC(C)(C)C1. The molecule has 0 aromatic rings. The van der Waals surface area contributed by atoms with E-state index in [1.807, 2.05) is 0 Å². The summed E-state index contributed by atoms with van der Waals surface area (Å²) in [5.41, 5.74) is 1.07. The van der Waals surface area contributed by atoms with E-state index >= 15 is 0 Å². The van der Waals surface area contributed by atoms with Gasteiger partial charge in [-0.15, -0.1) is 0 Å². The monoisotopic (exact) mass is 423 g/mol. The Balaban J connectivity index is 2.78. The molecule has 1 aliphatic carbocycles. The van der Waals surface area contributed by atoms with Crippen molar-refractivity contribution in [1.29, 1.82) is 0 Å². The molecule has 2 unspecified atom stereocenters. The van der Waals surface area contributed by atoms with Gasteiger partial charge < -0.3 is 9.64 Å². The van der Waals surface area contributed by atoms with Crippen LogP contribution < -0.4 is 0 Å². The molecular weight excluding hydrogens is 370 g/mol. The lowest BCUT2D eigenvalue weighted by molar-refractivity contribution is -0.150. The molecule has 0 amide bonds. The molecule has 178 valence electrons. The van der Waals surface area contributed by atoms with Gasteiger partial charge in [-0.05, 0) is 107 Å². The number of rotatable bonds is 5. The summed E-state index contributed by atoms with van der Waals surface area (Å²) in [4.78, 5) is 14.5. The first-order chi connectivity index (χ1) is 13.7. The highest BCUT2D eigenvalue weighted by Gasteiger charge is 2.32. The van der Waals surface area contributed by atoms with E-state index in [9.17, 15) is 4.79 Å². The predicted octanol–water partition coefficient (Wildman–Crippen LogP) is 7.48. The molecule has 1 rings (SSSR count). The van der Waals surface area contributed by atoms with Gasteiger partial charge in [0.05, 0.1) is 0 Å². The zero-order valence-corrected chi connectivity index (χ0v) is 21.9. The highest BCUT2D eigenvalue weighted by molar-refractivity contribution is 5.69. The minimum atomic E-state index is -0.00348. The predicted molar refractivity (Wildman–Crippen MR) is 130 cm³/mol. The van der Waals surface area contributed by atoms with Crippen LogP contribution in [-0.4, -0.2) is 37.6 Å². The Hall–Kier alpha value is -0.570. The van der Waals surface area contributed by atoms with Crippen molar-refractivity contribution in [2.24, 2.45) is 22.2 Å². The molecule has 2 atom stereocenters. The molecule has 0 aromatic carbocycles. The van der Waals surface area contributed by atoms with E-state index in [-0.39, 0.29) is 12.1 Å². The van der Waals surface area contributed by atoms with Crippen LogP contribution in [0.15, 0.2) is 0 Å².